The Balaban J connectivity index is 3.29. The van der Waals surface area contributed by atoms with Crippen LogP contribution in [-0.4, -0.2) is 35.9 Å². The van der Waals surface area contributed by atoms with Gasteiger partial charge in [-0.3, -0.25) is 0 Å². The highest BCUT2D eigenvalue weighted by molar-refractivity contribution is 7.58. The maximum absolute atomic E-state index is 8.32. The summed E-state index contributed by atoms with van der Waals surface area (Å²) >= 11 is 0. The molecule has 0 saturated carbocycles. The molecule has 0 aliphatic heterocycles. The monoisotopic (exact) mass is 134 g/mol. The van der Waals surface area contributed by atoms with Gasteiger partial charge in [-0.1, -0.05) is 13.7 Å². The summed E-state index contributed by atoms with van der Waals surface area (Å²) in [4.78, 5) is 0. The standard InChI is InChI=1S/C5H11O2P/c1-8(4-2-6)5-3-7/h4-7H,2-3H2,1H3. The van der Waals surface area contributed by atoms with Crippen LogP contribution in [0, 0.1) is 6.16 Å². The summed E-state index contributed by atoms with van der Waals surface area (Å²) in [6, 6.07) is 0. The molecule has 0 fully saturated rings. The second-order valence-corrected chi connectivity index (χ2v) is 3.46. The molecule has 3 heteroatoms. The Hall–Kier alpha value is 0.0900. The zero-order valence-corrected chi connectivity index (χ0v) is 5.80. The van der Waals surface area contributed by atoms with Crippen molar-refractivity contribution >= 4 is 13.3 Å². The first-order chi connectivity index (χ1) is 3.81. The summed E-state index contributed by atoms with van der Waals surface area (Å²) in [5.41, 5.74) is 0. The van der Waals surface area contributed by atoms with Gasteiger partial charge in [0.25, 0.3) is 0 Å². The van der Waals surface area contributed by atoms with Crippen LogP contribution in [0.1, 0.15) is 0 Å². The summed E-state index contributed by atoms with van der Waals surface area (Å²) in [6.45, 7) is 2.19. The fourth-order valence-electron chi connectivity index (χ4n) is 0.332. The Morgan fingerprint density at radius 1 is 1.62 bits per heavy atom. The molecular formula is C5H11O2P. The van der Waals surface area contributed by atoms with E-state index in [2.05, 4.69) is 0 Å². The van der Waals surface area contributed by atoms with Crippen molar-refractivity contribution in [3.05, 3.63) is 6.16 Å². The molecule has 0 rings (SSSR count). The second-order valence-electron chi connectivity index (χ2n) is 1.40. The predicted molar refractivity (Wildman–Crippen MR) is 37.4 cm³/mol. The quantitative estimate of drug-likeness (QED) is 0.423. The van der Waals surface area contributed by atoms with E-state index in [1.165, 1.54) is 0 Å². The molecule has 0 aliphatic carbocycles. The van der Waals surface area contributed by atoms with E-state index in [1.54, 1.807) is 12.0 Å². The van der Waals surface area contributed by atoms with Gasteiger partial charge in [-0.15, -0.1) is 0 Å². The topological polar surface area (TPSA) is 40.5 Å². The average molecular weight is 134 g/mol. The van der Waals surface area contributed by atoms with Gasteiger partial charge in [0, 0.05) is 0 Å². The van der Waals surface area contributed by atoms with Gasteiger partial charge >= 0.3 is 0 Å². The summed E-state index contributed by atoms with van der Waals surface area (Å²) in [5, 5.41) is 16.6. The number of aliphatic hydroxyl groups is 2. The van der Waals surface area contributed by atoms with Crippen LogP contribution in [0.2, 0.25) is 0 Å². The Morgan fingerprint density at radius 2 is 2.25 bits per heavy atom. The zero-order valence-electron chi connectivity index (χ0n) is 4.91. The van der Waals surface area contributed by atoms with E-state index in [-0.39, 0.29) is 20.8 Å². The van der Waals surface area contributed by atoms with Crippen molar-refractivity contribution in [2.24, 2.45) is 0 Å². The van der Waals surface area contributed by atoms with Crippen LogP contribution in [-0.2, 0) is 0 Å². The minimum absolute atomic E-state index is 0.110. The first-order valence-corrected chi connectivity index (χ1v) is 4.34. The van der Waals surface area contributed by atoms with E-state index in [4.69, 9.17) is 10.2 Å². The molecule has 0 aromatic carbocycles. The summed E-state index contributed by atoms with van der Waals surface area (Å²) in [6.07, 6.45) is 1.78. The number of aliphatic hydroxyl groups excluding tert-OH is 2. The first-order valence-electron chi connectivity index (χ1n) is 2.41. The summed E-state index contributed by atoms with van der Waals surface area (Å²) in [7, 11) is -0.331. The van der Waals surface area contributed by atoms with Gasteiger partial charge in [-0.05, 0) is 6.61 Å². The third kappa shape index (κ3) is 4.25. The molecule has 2 N–H and O–H groups in total. The molecular weight excluding hydrogens is 123 g/mol. The SMILES string of the molecule is C/[P+](=C/CO)[CH-]CO. The lowest BCUT2D eigenvalue weighted by molar-refractivity contribution is 0.337. The molecule has 2 nitrogen and oxygen atoms in total. The molecule has 1 atom stereocenters. The highest BCUT2D eigenvalue weighted by Crippen LogP contribution is 2.17. The van der Waals surface area contributed by atoms with Crippen LogP contribution in [0.4, 0.5) is 0 Å². The van der Waals surface area contributed by atoms with Crippen molar-refractivity contribution in [1.82, 2.24) is 0 Å². The number of hydrogen-bond donors (Lipinski definition) is 2. The van der Waals surface area contributed by atoms with E-state index in [9.17, 15) is 0 Å². The van der Waals surface area contributed by atoms with E-state index >= 15 is 0 Å². The molecule has 0 aliphatic rings. The van der Waals surface area contributed by atoms with Crippen LogP contribution in [0.5, 0.6) is 0 Å². The Labute approximate surface area is 50.5 Å². The molecule has 0 amide bonds. The van der Waals surface area contributed by atoms with Crippen molar-refractivity contribution in [3.63, 3.8) is 0 Å². The van der Waals surface area contributed by atoms with Crippen LogP contribution >= 0.6 is 7.55 Å². The molecule has 0 bridgehead atoms. The van der Waals surface area contributed by atoms with Gasteiger partial charge < -0.3 is 10.2 Å². The van der Waals surface area contributed by atoms with Crippen molar-refractivity contribution in [3.8, 4) is 0 Å². The fourth-order valence-corrected chi connectivity index (χ4v) is 0.996. The Bertz CT molecular complexity index is 80.5. The number of hydrogen-bond acceptors (Lipinski definition) is 2. The lowest BCUT2D eigenvalue weighted by atomic mass is 10.9. The van der Waals surface area contributed by atoms with Crippen LogP contribution in [0.25, 0.3) is 0 Å². The molecule has 0 radical (unpaired) electrons. The lowest BCUT2D eigenvalue weighted by Crippen LogP contribution is -1.83. The molecule has 0 spiro atoms. The van der Waals surface area contributed by atoms with Gasteiger partial charge in [-0.25, -0.2) is 0 Å². The van der Waals surface area contributed by atoms with Gasteiger partial charge in [0.05, 0.1) is 19.1 Å². The predicted octanol–water partition coefficient (Wildman–Crippen LogP) is 0.0467. The maximum Gasteiger partial charge on any atom is 0.0973 e. The van der Waals surface area contributed by atoms with E-state index in [0.717, 1.165) is 0 Å². The fraction of sp³-hybridized carbons (Fsp3) is 0.600. The molecule has 0 saturated heterocycles. The summed E-state index contributed by atoms with van der Waals surface area (Å²) in [5.74, 6) is 1.78. The lowest BCUT2D eigenvalue weighted by Gasteiger charge is -1.93. The van der Waals surface area contributed by atoms with Crippen molar-refractivity contribution < 1.29 is 10.2 Å². The molecule has 8 heavy (non-hydrogen) atoms. The third-order valence-electron chi connectivity index (χ3n) is 0.739. The largest absolute Gasteiger partial charge is 0.425 e. The van der Waals surface area contributed by atoms with Crippen LogP contribution in [0.15, 0.2) is 0 Å². The van der Waals surface area contributed by atoms with E-state index in [1.807, 2.05) is 6.66 Å². The smallest absolute Gasteiger partial charge is 0.0973 e. The first kappa shape index (κ1) is 8.09. The van der Waals surface area contributed by atoms with E-state index in [0.29, 0.717) is 0 Å². The Morgan fingerprint density at radius 3 is 2.62 bits per heavy atom. The van der Waals surface area contributed by atoms with Gasteiger partial charge in [0.15, 0.2) is 0 Å². The van der Waals surface area contributed by atoms with Crippen molar-refractivity contribution in [1.29, 1.82) is 0 Å². The highest BCUT2D eigenvalue weighted by atomic mass is 31.1. The van der Waals surface area contributed by atoms with Gasteiger partial charge in [0.2, 0.25) is 0 Å². The number of rotatable bonds is 3. The molecule has 0 heterocycles. The van der Waals surface area contributed by atoms with Crippen LogP contribution in [0.3, 0.4) is 0 Å². The van der Waals surface area contributed by atoms with Gasteiger partial charge in [-0.2, -0.15) is 0 Å². The van der Waals surface area contributed by atoms with Crippen LogP contribution < -0.4 is 0 Å². The molecule has 1 unspecified atom stereocenters. The van der Waals surface area contributed by atoms with Crippen molar-refractivity contribution in [2.75, 3.05) is 19.9 Å². The minimum atomic E-state index is -0.331. The molecule has 0 aromatic heterocycles. The van der Waals surface area contributed by atoms with E-state index < -0.39 is 0 Å². The van der Waals surface area contributed by atoms with Gasteiger partial charge in [0.1, 0.15) is 0 Å². The average Bonchev–Trinajstić information content (AvgIpc) is 1.68. The highest BCUT2D eigenvalue weighted by Gasteiger charge is 1.84. The Kier molecular flexibility index (Phi) is 5.29. The summed E-state index contributed by atoms with van der Waals surface area (Å²) < 4.78 is 0. The minimum Gasteiger partial charge on any atom is -0.425 e. The molecule has 0 aromatic rings. The maximum atomic E-state index is 8.32. The zero-order chi connectivity index (χ0) is 6.41. The normalized spacial score (nSPS) is 12.1. The third-order valence-corrected chi connectivity index (χ3v) is 2.22. The molecule has 48 valence electrons. The van der Waals surface area contributed by atoms with Crippen molar-refractivity contribution in [2.45, 2.75) is 0 Å². The second kappa shape index (κ2) is 5.23.